The van der Waals surface area contributed by atoms with E-state index >= 15 is 0 Å². The van der Waals surface area contributed by atoms with Crippen molar-refractivity contribution in [2.24, 2.45) is 5.16 Å². The van der Waals surface area contributed by atoms with Crippen molar-refractivity contribution in [3.63, 3.8) is 0 Å². The molecule has 0 heterocycles. The van der Waals surface area contributed by atoms with E-state index in [2.05, 4.69) is 17.0 Å². The summed E-state index contributed by atoms with van der Waals surface area (Å²) < 4.78 is 23.8. The first-order chi connectivity index (χ1) is 14.2. The molecule has 0 radical (unpaired) electrons. The topological polar surface area (TPSA) is 57.1 Å². The number of para-hydroxylation sites is 1. The number of hydrogen-bond acceptors (Lipinski definition) is 5. The number of ether oxygens (including phenoxy) is 2. The van der Waals surface area contributed by atoms with Gasteiger partial charge < -0.3 is 14.3 Å². The Balaban J connectivity index is 2.09. The summed E-state index contributed by atoms with van der Waals surface area (Å²) in [5, 5.41) is 2.03. The van der Waals surface area contributed by atoms with Crippen LogP contribution in [0.2, 0.25) is 0 Å². The number of esters is 1. The van der Waals surface area contributed by atoms with E-state index in [1.54, 1.807) is 38.1 Å². The van der Waals surface area contributed by atoms with Crippen LogP contribution in [0.25, 0.3) is 0 Å². The molecule has 0 amide bonds. The number of halogens is 1. The second kappa shape index (κ2) is 11.1. The van der Waals surface area contributed by atoms with Crippen LogP contribution in [0, 0.1) is 11.8 Å². The zero-order valence-corrected chi connectivity index (χ0v) is 19.3. The summed E-state index contributed by atoms with van der Waals surface area (Å²) in [6, 6.07) is 14.3. The Morgan fingerprint density at radius 2 is 1.87 bits per heavy atom. The van der Waals surface area contributed by atoms with E-state index in [4.69, 9.17) is 14.3 Å². The Morgan fingerprint density at radius 3 is 2.57 bits per heavy atom. The highest BCUT2D eigenvalue weighted by molar-refractivity contribution is 7.38. The van der Waals surface area contributed by atoms with Gasteiger partial charge in [0.25, 0.3) is 5.34 Å². The lowest BCUT2D eigenvalue weighted by Crippen LogP contribution is -2.13. The van der Waals surface area contributed by atoms with E-state index < -0.39 is 11.3 Å². The van der Waals surface area contributed by atoms with Crippen LogP contribution in [-0.2, 0) is 21.0 Å². The Kier molecular flexibility index (Phi) is 8.78. The zero-order valence-electron chi connectivity index (χ0n) is 17.0. The van der Waals surface area contributed by atoms with Gasteiger partial charge in [-0.1, -0.05) is 47.5 Å². The standard InChI is InChI=1S/C22H24FNO4P2/c1-15(12-13-17-8-5-7-11-20(17)28-22(23,29)30)24-27-14-18-9-4-6-10-19(18)16(2)21(25)26-3/h4-11,16H,14,29-30H2,1-3H3/b24-15+/t16-/m1/s1. The van der Waals surface area contributed by atoms with Gasteiger partial charge in [0.15, 0.2) is 0 Å². The Labute approximate surface area is 180 Å². The number of alkyl halides is 1. The molecule has 3 atom stereocenters. The molecule has 2 unspecified atom stereocenters. The SMILES string of the molecule is COC(=O)[C@H](C)c1ccccc1CO/N=C(\C)C#Cc1ccccc1OC(F)(P)P. The van der Waals surface area contributed by atoms with Gasteiger partial charge in [0.2, 0.25) is 0 Å². The predicted octanol–water partition coefficient (Wildman–Crippen LogP) is 4.62. The third-order valence-corrected chi connectivity index (χ3v) is 4.27. The molecule has 0 saturated carbocycles. The van der Waals surface area contributed by atoms with Crippen LogP contribution >= 0.6 is 18.5 Å². The number of oxime groups is 1. The molecule has 0 spiro atoms. The number of rotatable bonds is 7. The van der Waals surface area contributed by atoms with E-state index in [1.165, 1.54) is 7.11 Å². The van der Waals surface area contributed by atoms with Gasteiger partial charge >= 0.3 is 5.97 Å². The normalized spacial score (nSPS) is 12.4. The fourth-order valence-corrected chi connectivity index (χ4v) is 2.85. The highest BCUT2D eigenvalue weighted by Crippen LogP contribution is 2.33. The molecular weight excluding hydrogens is 423 g/mol. The average Bonchev–Trinajstić information content (AvgIpc) is 2.71. The van der Waals surface area contributed by atoms with Gasteiger partial charge in [0.05, 0.1) is 18.6 Å². The first-order valence-electron chi connectivity index (χ1n) is 9.10. The van der Waals surface area contributed by atoms with Crippen molar-refractivity contribution < 1.29 is 23.5 Å². The molecule has 0 saturated heterocycles. The summed E-state index contributed by atoms with van der Waals surface area (Å²) in [6.45, 7) is 3.66. The third kappa shape index (κ3) is 7.41. The Hall–Kier alpha value is -2.47. The Bertz CT molecular complexity index is 977. The third-order valence-electron chi connectivity index (χ3n) is 4.03. The summed E-state index contributed by atoms with van der Waals surface area (Å²) in [7, 11) is 5.26. The highest BCUT2D eigenvalue weighted by Gasteiger charge is 2.19. The zero-order chi connectivity index (χ0) is 22.1. The van der Waals surface area contributed by atoms with Crippen molar-refractivity contribution in [3.05, 3.63) is 65.2 Å². The van der Waals surface area contributed by atoms with Gasteiger partial charge in [-0.3, -0.25) is 4.79 Å². The van der Waals surface area contributed by atoms with Crippen LogP contribution in [0.1, 0.15) is 36.5 Å². The van der Waals surface area contributed by atoms with Crippen molar-refractivity contribution in [3.8, 4) is 17.6 Å². The van der Waals surface area contributed by atoms with Gasteiger partial charge in [0, 0.05) is 0 Å². The molecule has 2 aromatic rings. The molecule has 2 rings (SSSR count). The van der Waals surface area contributed by atoms with E-state index in [9.17, 15) is 9.18 Å². The number of carbonyl (C=O) groups excluding carboxylic acids is 1. The van der Waals surface area contributed by atoms with Crippen molar-refractivity contribution >= 4 is 30.2 Å². The molecule has 2 aromatic carbocycles. The molecule has 0 bridgehead atoms. The highest BCUT2D eigenvalue weighted by atomic mass is 31.1. The van der Waals surface area contributed by atoms with Crippen LogP contribution in [0.15, 0.2) is 53.7 Å². The molecule has 0 N–H and O–H groups in total. The number of methoxy groups -OCH3 is 1. The van der Waals surface area contributed by atoms with Crippen LogP contribution in [0.4, 0.5) is 4.39 Å². The summed E-state index contributed by atoms with van der Waals surface area (Å²) in [5.41, 5.74) is 2.61. The molecular formula is C22H24FNO4P2. The minimum atomic E-state index is -1.97. The predicted molar refractivity (Wildman–Crippen MR) is 122 cm³/mol. The fourth-order valence-electron chi connectivity index (χ4n) is 2.60. The molecule has 0 aliphatic rings. The first-order valence-corrected chi connectivity index (χ1v) is 10.3. The van der Waals surface area contributed by atoms with E-state index in [1.807, 2.05) is 42.7 Å². The maximum absolute atomic E-state index is 13.7. The van der Waals surface area contributed by atoms with Crippen LogP contribution in [-0.4, -0.2) is 24.1 Å². The van der Waals surface area contributed by atoms with Gasteiger partial charge in [0.1, 0.15) is 18.1 Å². The maximum Gasteiger partial charge on any atom is 0.312 e. The smallest absolute Gasteiger partial charge is 0.312 e. The number of carbonyl (C=O) groups is 1. The number of benzene rings is 2. The average molecular weight is 447 g/mol. The summed E-state index contributed by atoms with van der Waals surface area (Å²) in [4.78, 5) is 17.3. The molecule has 30 heavy (non-hydrogen) atoms. The van der Waals surface area contributed by atoms with Crippen LogP contribution in [0.3, 0.4) is 0 Å². The quantitative estimate of drug-likeness (QED) is 0.204. The Morgan fingerprint density at radius 1 is 1.20 bits per heavy atom. The van der Waals surface area contributed by atoms with E-state index in [0.29, 0.717) is 17.0 Å². The lowest BCUT2D eigenvalue weighted by Gasteiger charge is -2.17. The minimum Gasteiger partial charge on any atom is -0.469 e. The second-order valence-corrected chi connectivity index (χ2v) is 8.68. The second-order valence-electron chi connectivity index (χ2n) is 6.44. The fraction of sp³-hybridized carbons (Fsp3) is 0.273. The summed E-state index contributed by atoms with van der Waals surface area (Å²) in [5.74, 6) is 5.35. The lowest BCUT2D eigenvalue weighted by molar-refractivity contribution is -0.142. The van der Waals surface area contributed by atoms with E-state index in [-0.39, 0.29) is 12.6 Å². The van der Waals surface area contributed by atoms with Crippen molar-refractivity contribution in [1.29, 1.82) is 0 Å². The van der Waals surface area contributed by atoms with Crippen LogP contribution in [0.5, 0.6) is 5.75 Å². The van der Waals surface area contributed by atoms with Gasteiger partial charge in [-0.2, -0.15) is 4.39 Å². The molecule has 0 aliphatic heterocycles. The molecule has 158 valence electrons. The van der Waals surface area contributed by atoms with Crippen molar-refractivity contribution in [2.75, 3.05) is 7.11 Å². The number of hydrogen-bond donors (Lipinski definition) is 0. The van der Waals surface area contributed by atoms with E-state index in [0.717, 1.165) is 11.1 Å². The summed E-state index contributed by atoms with van der Waals surface area (Å²) in [6.07, 6.45) is 0. The molecule has 0 aromatic heterocycles. The molecule has 0 aliphatic carbocycles. The molecule has 8 heteroatoms. The van der Waals surface area contributed by atoms with Gasteiger partial charge in [-0.25, -0.2) is 0 Å². The lowest BCUT2D eigenvalue weighted by atomic mass is 9.96. The maximum atomic E-state index is 13.7. The van der Waals surface area contributed by atoms with Gasteiger partial charge in [-0.05, 0) is 61.5 Å². The minimum absolute atomic E-state index is 0.181. The monoisotopic (exact) mass is 447 g/mol. The largest absolute Gasteiger partial charge is 0.469 e. The van der Waals surface area contributed by atoms with Crippen molar-refractivity contribution in [1.82, 2.24) is 0 Å². The molecule has 5 nitrogen and oxygen atoms in total. The first kappa shape index (κ1) is 23.8. The van der Waals surface area contributed by atoms with Crippen LogP contribution < -0.4 is 4.74 Å². The van der Waals surface area contributed by atoms with Gasteiger partial charge in [-0.15, -0.1) is 0 Å². The van der Waals surface area contributed by atoms with Crippen molar-refractivity contribution in [2.45, 2.75) is 31.7 Å². The number of nitrogens with zero attached hydrogens (tertiary/aromatic N) is 1. The summed E-state index contributed by atoms with van der Waals surface area (Å²) >= 11 is 0. The molecule has 0 fully saturated rings.